The Morgan fingerprint density at radius 3 is 2.52 bits per heavy atom. The van der Waals surface area contributed by atoms with Gasteiger partial charge in [0.1, 0.15) is 17.0 Å². The van der Waals surface area contributed by atoms with Crippen molar-refractivity contribution >= 4 is 16.9 Å². The third-order valence-electron chi connectivity index (χ3n) is 6.26. The first-order valence-electron chi connectivity index (χ1n) is 11.0. The minimum absolute atomic E-state index is 0.0418. The number of nitrogens with zero attached hydrogens (tertiary/aromatic N) is 7. The van der Waals surface area contributed by atoms with Crippen molar-refractivity contribution < 1.29 is 4.79 Å². The summed E-state index contributed by atoms with van der Waals surface area (Å²) >= 11 is 0. The maximum Gasteiger partial charge on any atom is 0.332 e. The summed E-state index contributed by atoms with van der Waals surface area (Å²) in [5, 5.41) is 8.88. The predicted octanol–water partition coefficient (Wildman–Crippen LogP) is 1.40. The van der Waals surface area contributed by atoms with Crippen molar-refractivity contribution in [1.82, 2.24) is 33.6 Å². The Bertz CT molecular complexity index is 1470. The first-order chi connectivity index (χ1) is 15.9. The SMILES string of the molecule is CCCn1c(C(=O)N2CC(n3cc(-c4ccccc4)nn3)C2)cc2c(=O)n(C)c(=O)n(C)c21. The van der Waals surface area contributed by atoms with Crippen LogP contribution in [0.15, 0.2) is 52.2 Å². The monoisotopic (exact) mass is 447 g/mol. The number of likely N-dealkylation sites (tertiary alicyclic amines) is 1. The van der Waals surface area contributed by atoms with Gasteiger partial charge in [0.25, 0.3) is 11.5 Å². The third kappa shape index (κ3) is 3.29. The highest BCUT2D eigenvalue weighted by Gasteiger charge is 2.35. The molecule has 1 amide bonds. The van der Waals surface area contributed by atoms with Gasteiger partial charge in [0, 0.05) is 39.3 Å². The van der Waals surface area contributed by atoms with Crippen LogP contribution in [0.3, 0.4) is 0 Å². The molecule has 0 saturated carbocycles. The standard InChI is InChI=1S/C23H25N7O3/c1-4-10-29-19(11-17-20(29)26(2)23(33)27(3)21(17)31)22(32)28-12-16(13-28)30-14-18(24-25-30)15-8-6-5-7-9-15/h5-9,11,14,16H,4,10,12-13H2,1-3H3. The van der Waals surface area contributed by atoms with Gasteiger partial charge in [0.2, 0.25) is 0 Å². The number of amides is 1. The summed E-state index contributed by atoms with van der Waals surface area (Å²) in [6.07, 6.45) is 2.66. The minimum atomic E-state index is -0.411. The van der Waals surface area contributed by atoms with Gasteiger partial charge in [-0.25, -0.2) is 9.48 Å². The number of aromatic nitrogens is 6. The molecule has 0 N–H and O–H groups in total. The molecule has 10 nitrogen and oxygen atoms in total. The molecule has 1 aromatic carbocycles. The van der Waals surface area contributed by atoms with Crippen molar-refractivity contribution in [3.8, 4) is 11.3 Å². The van der Waals surface area contributed by atoms with E-state index in [1.807, 2.05) is 43.5 Å². The lowest BCUT2D eigenvalue weighted by molar-refractivity contribution is 0.0488. The molecule has 33 heavy (non-hydrogen) atoms. The van der Waals surface area contributed by atoms with Crippen LogP contribution in [-0.4, -0.2) is 52.6 Å². The van der Waals surface area contributed by atoms with E-state index >= 15 is 0 Å². The van der Waals surface area contributed by atoms with E-state index in [1.54, 1.807) is 27.3 Å². The smallest absolute Gasteiger partial charge is 0.332 e. The molecule has 10 heteroatoms. The minimum Gasteiger partial charge on any atom is -0.333 e. The van der Waals surface area contributed by atoms with Gasteiger partial charge in [0.05, 0.1) is 17.6 Å². The highest BCUT2D eigenvalue weighted by Crippen LogP contribution is 2.26. The average molecular weight is 447 g/mol. The fraction of sp³-hybridized carbons (Fsp3) is 0.348. The number of fused-ring (bicyclic) bond motifs is 1. The number of aryl methyl sites for hydroxylation is 2. The van der Waals surface area contributed by atoms with Crippen molar-refractivity contribution in [3.05, 3.63) is 69.1 Å². The van der Waals surface area contributed by atoms with Crippen LogP contribution in [-0.2, 0) is 20.6 Å². The van der Waals surface area contributed by atoms with E-state index in [2.05, 4.69) is 10.3 Å². The molecule has 170 valence electrons. The van der Waals surface area contributed by atoms with Crippen molar-refractivity contribution in [3.63, 3.8) is 0 Å². The molecular formula is C23H25N7O3. The van der Waals surface area contributed by atoms with Gasteiger partial charge in [-0.15, -0.1) is 5.10 Å². The van der Waals surface area contributed by atoms with E-state index in [9.17, 15) is 14.4 Å². The van der Waals surface area contributed by atoms with Crippen LogP contribution in [0.25, 0.3) is 22.3 Å². The zero-order valence-electron chi connectivity index (χ0n) is 18.8. The molecule has 5 rings (SSSR count). The number of benzene rings is 1. The van der Waals surface area contributed by atoms with E-state index in [0.717, 1.165) is 22.2 Å². The van der Waals surface area contributed by atoms with Gasteiger partial charge in [0.15, 0.2) is 0 Å². The van der Waals surface area contributed by atoms with Crippen LogP contribution in [0, 0.1) is 0 Å². The second-order valence-corrected chi connectivity index (χ2v) is 8.44. The van der Waals surface area contributed by atoms with Gasteiger partial charge in [-0.2, -0.15) is 0 Å². The molecule has 3 aromatic heterocycles. The molecule has 4 heterocycles. The second kappa shape index (κ2) is 7.88. The van der Waals surface area contributed by atoms with E-state index in [-0.39, 0.29) is 11.9 Å². The third-order valence-corrected chi connectivity index (χ3v) is 6.26. The predicted molar refractivity (Wildman–Crippen MR) is 123 cm³/mol. The van der Waals surface area contributed by atoms with E-state index in [4.69, 9.17) is 0 Å². The number of rotatable bonds is 5. The number of hydrogen-bond acceptors (Lipinski definition) is 5. The summed E-state index contributed by atoms with van der Waals surface area (Å²) in [6, 6.07) is 11.5. The fourth-order valence-electron chi connectivity index (χ4n) is 4.41. The molecule has 4 aromatic rings. The molecule has 1 aliphatic heterocycles. The number of carbonyl (C=O) groups excluding carboxylic acids is 1. The summed E-state index contributed by atoms with van der Waals surface area (Å²) in [5.41, 5.74) is 1.88. The molecule has 0 unspecified atom stereocenters. The first-order valence-corrected chi connectivity index (χ1v) is 11.0. The van der Waals surface area contributed by atoms with Gasteiger partial charge in [-0.3, -0.25) is 18.7 Å². The van der Waals surface area contributed by atoms with Crippen molar-refractivity contribution in [2.24, 2.45) is 14.1 Å². The van der Waals surface area contributed by atoms with Crippen LogP contribution >= 0.6 is 0 Å². The largest absolute Gasteiger partial charge is 0.333 e. The van der Waals surface area contributed by atoms with Crippen LogP contribution in [0.4, 0.5) is 0 Å². The van der Waals surface area contributed by atoms with Crippen LogP contribution < -0.4 is 11.2 Å². The Kier molecular flexibility index (Phi) is 4.99. The summed E-state index contributed by atoms with van der Waals surface area (Å²) in [4.78, 5) is 40.2. The number of hydrogen-bond donors (Lipinski definition) is 0. The molecular weight excluding hydrogens is 422 g/mol. The van der Waals surface area contributed by atoms with Crippen LogP contribution in [0.2, 0.25) is 0 Å². The lowest BCUT2D eigenvalue weighted by atomic mass is 10.1. The molecule has 0 aliphatic carbocycles. The molecule has 1 saturated heterocycles. The molecule has 0 radical (unpaired) electrons. The van der Waals surface area contributed by atoms with E-state index in [0.29, 0.717) is 36.4 Å². The van der Waals surface area contributed by atoms with E-state index < -0.39 is 11.2 Å². The van der Waals surface area contributed by atoms with Crippen LogP contribution in [0.5, 0.6) is 0 Å². The Hall–Kier alpha value is -3.95. The Morgan fingerprint density at radius 2 is 1.82 bits per heavy atom. The summed E-state index contributed by atoms with van der Waals surface area (Å²) in [7, 11) is 3.07. The highest BCUT2D eigenvalue weighted by atomic mass is 16.2. The first kappa shape index (κ1) is 20.9. The van der Waals surface area contributed by atoms with Crippen molar-refractivity contribution in [1.29, 1.82) is 0 Å². The molecule has 1 fully saturated rings. The number of carbonyl (C=O) groups is 1. The maximum absolute atomic E-state index is 13.4. The Morgan fingerprint density at radius 1 is 1.09 bits per heavy atom. The highest BCUT2D eigenvalue weighted by molar-refractivity contribution is 5.98. The molecule has 0 bridgehead atoms. The van der Waals surface area contributed by atoms with Crippen LogP contribution in [0.1, 0.15) is 29.9 Å². The lowest BCUT2D eigenvalue weighted by Gasteiger charge is -2.38. The zero-order valence-corrected chi connectivity index (χ0v) is 18.8. The average Bonchev–Trinajstić information content (AvgIpc) is 3.42. The van der Waals surface area contributed by atoms with Gasteiger partial charge < -0.3 is 9.47 Å². The zero-order chi connectivity index (χ0) is 23.3. The summed E-state index contributed by atoms with van der Waals surface area (Å²) in [5.74, 6) is -0.159. The topological polar surface area (TPSA) is 100.0 Å². The lowest BCUT2D eigenvalue weighted by Crippen LogP contribution is -2.51. The van der Waals surface area contributed by atoms with Gasteiger partial charge in [-0.1, -0.05) is 42.5 Å². The van der Waals surface area contributed by atoms with Gasteiger partial charge in [-0.05, 0) is 12.5 Å². The second-order valence-electron chi connectivity index (χ2n) is 8.44. The maximum atomic E-state index is 13.4. The Labute approximate surface area is 189 Å². The fourth-order valence-corrected chi connectivity index (χ4v) is 4.41. The molecule has 1 aliphatic rings. The normalized spacial score (nSPS) is 14.1. The van der Waals surface area contributed by atoms with Gasteiger partial charge >= 0.3 is 5.69 Å². The summed E-state index contributed by atoms with van der Waals surface area (Å²) in [6.45, 7) is 3.53. The van der Waals surface area contributed by atoms with Crippen molar-refractivity contribution in [2.45, 2.75) is 25.9 Å². The molecule has 0 atom stereocenters. The Balaban J connectivity index is 1.42. The van der Waals surface area contributed by atoms with Crippen molar-refractivity contribution in [2.75, 3.05) is 13.1 Å². The quantitative estimate of drug-likeness (QED) is 0.461. The molecule has 0 spiro atoms. The van der Waals surface area contributed by atoms with E-state index in [1.165, 1.54) is 11.6 Å². The summed E-state index contributed by atoms with van der Waals surface area (Å²) < 4.78 is 6.09.